The molecule has 0 amide bonds. The van der Waals surface area contributed by atoms with E-state index in [4.69, 9.17) is 5.26 Å². The van der Waals surface area contributed by atoms with E-state index in [9.17, 15) is 0 Å². The van der Waals surface area contributed by atoms with Crippen LogP contribution in [0.25, 0.3) is 0 Å². The lowest BCUT2D eigenvalue weighted by Crippen LogP contribution is -2.36. The van der Waals surface area contributed by atoms with Crippen LogP contribution in [-0.2, 0) is 13.1 Å². The lowest BCUT2D eigenvalue weighted by molar-refractivity contribution is 0.813. The zero-order valence-electron chi connectivity index (χ0n) is 12.2. The maximum atomic E-state index is 8.77. The SMILES string of the molecule is CN=C(NCc1ccc(C#N)cc1)NCc1sccc1C. The van der Waals surface area contributed by atoms with Crippen LogP contribution in [0.5, 0.6) is 0 Å². The summed E-state index contributed by atoms with van der Waals surface area (Å²) in [7, 11) is 1.76. The van der Waals surface area contributed by atoms with Crippen molar-refractivity contribution >= 4 is 17.3 Å². The van der Waals surface area contributed by atoms with Crippen molar-refractivity contribution in [3.05, 3.63) is 57.3 Å². The van der Waals surface area contributed by atoms with Crippen molar-refractivity contribution in [2.75, 3.05) is 7.05 Å². The van der Waals surface area contributed by atoms with Gasteiger partial charge in [0.25, 0.3) is 0 Å². The van der Waals surface area contributed by atoms with E-state index in [0.29, 0.717) is 12.1 Å². The van der Waals surface area contributed by atoms with E-state index in [1.54, 1.807) is 18.4 Å². The van der Waals surface area contributed by atoms with Crippen molar-refractivity contribution in [3.8, 4) is 6.07 Å². The molecule has 0 fully saturated rings. The smallest absolute Gasteiger partial charge is 0.191 e. The Hall–Kier alpha value is -2.32. The summed E-state index contributed by atoms with van der Waals surface area (Å²) in [5.74, 6) is 0.771. The number of nitrogens with one attached hydrogen (secondary N) is 2. The second-order valence-corrected chi connectivity index (χ2v) is 5.62. The van der Waals surface area contributed by atoms with Gasteiger partial charge in [0, 0.05) is 18.5 Å². The zero-order chi connectivity index (χ0) is 15.1. The molecule has 2 rings (SSSR count). The standard InChI is InChI=1S/C16H18N4S/c1-12-7-8-21-15(12)11-20-16(18-2)19-10-14-5-3-13(9-17)4-6-14/h3-8H,10-11H2,1-2H3,(H2,18,19,20). The lowest BCUT2D eigenvalue weighted by Gasteiger charge is -2.11. The number of hydrogen-bond donors (Lipinski definition) is 2. The molecule has 0 radical (unpaired) electrons. The molecule has 0 saturated carbocycles. The molecule has 2 aromatic rings. The van der Waals surface area contributed by atoms with Crippen LogP contribution < -0.4 is 10.6 Å². The van der Waals surface area contributed by atoms with Gasteiger partial charge in [0.1, 0.15) is 0 Å². The van der Waals surface area contributed by atoms with Crippen molar-refractivity contribution < 1.29 is 0 Å². The molecule has 0 saturated heterocycles. The molecule has 0 aliphatic rings. The van der Waals surface area contributed by atoms with Crippen LogP contribution in [0, 0.1) is 18.3 Å². The first-order chi connectivity index (χ1) is 10.2. The molecular weight excluding hydrogens is 280 g/mol. The van der Waals surface area contributed by atoms with Crippen molar-refractivity contribution in [1.82, 2.24) is 10.6 Å². The van der Waals surface area contributed by atoms with Crippen molar-refractivity contribution in [1.29, 1.82) is 5.26 Å². The van der Waals surface area contributed by atoms with Gasteiger partial charge >= 0.3 is 0 Å². The summed E-state index contributed by atoms with van der Waals surface area (Å²) in [4.78, 5) is 5.53. The lowest BCUT2D eigenvalue weighted by atomic mass is 10.1. The summed E-state index contributed by atoms with van der Waals surface area (Å²) in [5.41, 5.74) is 3.09. The third-order valence-corrected chi connectivity index (χ3v) is 4.17. The maximum Gasteiger partial charge on any atom is 0.191 e. The highest BCUT2D eigenvalue weighted by Gasteiger charge is 2.02. The molecule has 0 aliphatic heterocycles. The first kappa shape index (κ1) is 15.1. The van der Waals surface area contributed by atoms with Crippen molar-refractivity contribution in [3.63, 3.8) is 0 Å². The highest BCUT2D eigenvalue weighted by Crippen LogP contribution is 2.14. The number of guanidine groups is 1. The molecule has 21 heavy (non-hydrogen) atoms. The molecular formula is C16H18N4S. The Morgan fingerprint density at radius 2 is 1.90 bits per heavy atom. The highest BCUT2D eigenvalue weighted by atomic mass is 32.1. The highest BCUT2D eigenvalue weighted by molar-refractivity contribution is 7.10. The van der Waals surface area contributed by atoms with Crippen LogP contribution in [0.3, 0.4) is 0 Å². The van der Waals surface area contributed by atoms with Crippen LogP contribution >= 0.6 is 11.3 Å². The molecule has 0 atom stereocenters. The molecule has 1 aromatic heterocycles. The fourth-order valence-electron chi connectivity index (χ4n) is 1.85. The second kappa shape index (κ2) is 7.46. The Balaban J connectivity index is 1.85. The van der Waals surface area contributed by atoms with Crippen molar-refractivity contribution in [2.24, 2.45) is 4.99 Å². The van der Waals surface area contributed by atoms with Gasteiger partial charge in [-0.1, -0.05) is 12.1 Å². The van der Waals surface area contributed by atoms with E-state index in [-0.39, 0.29) is 0 Å². The molecule has 0 unspecified atom stereocenters. The summed E-state index contributed by atoms with van der Waals surface area (Å²) in [6.45, 7) is 3.56. The van der Waals surface area contributed by atoms with Crippen molar-refractivity contribution in [2.45, 2.75) is 20.0 Å². The third kappa shape index (κ3) is 4.33. The fraction of sp³-hybridized carbons (Fsp3) is 0.250. The number of nitrogens with zero attached hydrogens (tertiary/aromatic N) is 2. The molecule has 108 valence electrons. The number of rotatable bonds is 4. The largest absolute Gasteiger partial charge is 0.352 e. The summed E-state index contributed by atoms with van der Waals surface area (Å²) in [5, 5.41) is 17.4. The molecule has 2 N–H and O–H groups in total. The third-order valence-electron chi connectivity index (χ3n) is 3.15. The average molecular weight is 298 g/mol. The monoisotopic (exact) mass is 298 g/mol. The Morgan fingerprint density at radius 3 is 2.48 bits per heavy atom. The number of aryl methyl sites for hydroxylation is 1. The predicted molar refractivity (Wildman–Crippen MR) is 87.3 cm³/mol. The molecule has 5 heteroatoms. The summed E-state index contributed by atoms with van der Waals surface area (Å²) in [6, 6.07) is 11.8. The summed E-state index contributed by atoms with van der Waals surface area (Å²) in [6.07, 6.45) is 0. The van der Waals surface area contributed by atoms with Crippen LogP contribution in [-0.4, -0.2) is 13.0 Å². The minimum absolute atomic E-state index is 0.675. The van der Waals surface area contributed by atoms with Crippen LogP contribution in [0.15, 0.2) is 40.7 Å². The van der Waals surface area contributed by atoms with Gasteiger partial charge in [-0.05, 0) is 41.6 Å². The van der Waals surface area contributed by atoms with Gasteiger partial charge < -0.3 is 10.6 Å². The van der Waals surface area contributed by atoms with Gasteiger partial charge in [0.15, 0.2) is 5.96 Å². The minimum Gasteiger partial charge on any atom is -0.352 e. The average Bonchev–Trinajstić information content (AvgIpc) is 2.93. The number of thiophene rings is 1. The van der Waals surface area contributed by atoms with E-state index in [1.807, 2.05) is 24.3 Å². The Kier molecular flexibility index (Phi) is 5.35. The first-order valence-corrected chi connectivity index (χ1v) is 7.57. The molecule has 4 nitrogen and oxygen atoms in total. The molecule has 0 aliphatic carbocycles. The molecule has 1 aromatic carbocycles. The van der Waals surface area contributed by atoms with Gasteiger partial charge in [-0.25, -0.2) is 0 Å². The van der Waals surface area contributed by atoms with Crippen LogP contribution in [0.1, 0.15) is 21.6 Å². The van der Waals surface area contributed by atoms with E-state index in [2.05, 4.69) is 40.1 Å². The van der Waals surface area contributed by atoms with Gasteiger partial charge in [-0.3, -0.25) is 4.99 Å². The van der Waals surface area contributed by atoms with Gasteiger partial charge in [0.05, 0.1) is 18.2 Å². The van der Waals surface area contributed by atoms with E-state index >= 15 is 0 Å². The van der Waals surface area contributed by atoms with Gasteiger partial charge in [-0.15, -0.1) is 11.3 Å². The second-order valence-electron chi connectivity index (χ2n) is 4.61. The quantitative estimate of drug-likeness (QED) is 0.674. The van der Waals surface area contributed by atoms with E-state index in [1.165, 1.54) is 10.4 Å². The van der Waals surface area contributed by atoms with E-state index < -0.39 is 0 Å². The number of nitriles is 1. The van der Waals surface area contributed by atoms with E-state index in [0.717, 1.165) is 18.1 Å². The first-order valence-electron chi connectivity index (χ1n) is 6.69. The van der Waals surface area contributed by atoms with Crippen LogP contribution in [0.2, 0.25) is 0 Å². The number of aliphatic imine (C=N–C) groups is 1. The predicted octanol–water partition coefficient (Wildman–Crippen LogP) is 2.79. The maximum absolute atomic E-state index is 8.77. The number of hydrogen-bond acceptors (Lipinski definition) is 3. The van der Waals surface area contributed by atoms with Crippen LogP contribution in [0.4, 0.5) is 0 Å². The number of benzene rings is 1. The van der Waals surface area contributed by atoms with Gasteiger partial charge in [0.2, 0.25) is 0 Å². The zero-order valence-corrected chi connectivity index (χ0v) is 13.0. The molecule has 0 spiro atoms. The fourth-order valence-corrected chi connectivity index (χ4v) is 2.70. The Labute approximate surface area is 129 Å². The molecule has 1 heterocycles. The van der Waals surface area contributed by atoms with Gasteiger partial charge in [-0.2, -0.15) is 5.26 Å². The molecule has 0 bridgehead atoms. The normalized spacial score (nSPS) is 11.0. The summed E-state index contributed by atoms with van der Waals surface area (Å²) >= 11 is 1.74. The Bertz CT molecular complexity index is 650. The summed E-state index contributed by atoms with van der Waals surface area (Å²) < 4.78 is 0. The Morgan fingerprint density at radius 1 is 1.19 bits per heavy atom. The topological polar surface area (TPSA) is 60.2 Å². The minimum atomic E-state index is 0.675.